The number of carboxylic acid groups (broad SMARTS) is 1. The smallest absolute Gasteiger partial charge is 0.352 e. The second-order valence-electron chi connectivity index (χ2n) is 7.44. The maximum absolute atomic E-state index is 13.2. The van der Waals surface area contributed by atoms with Crippen molar-refractivity contribution >= 4 is 63.6 Å². The number of carbonyl (C=O) groups excluding carboxylic acids is 3. The fourth-order valence-electron chi connectivity index (χ4n) is 3.59. The van der Waals surface area contributed by atoms with Gasteiger partial charge in [0, 0.05) is 23.6 Å². The monoisotopic (exact) mass is 500 g/mol. The number of nitrogens with one attached hydrogen (secondary N) is 1. The number of hydrogen-bond acceptors (Lipinski definition) is 9. The summed E-state index contributed by atoms with van der Waals surface area (Å²) in [4.78, 5) is 54.4. The van der Waals surface area contributed by atoms with Crippen LogP contribution in [0.1, 0.15) is 18.2 Å². The largest absolute Gasteiger partial charge is 0.477 e. The van der Waals surface area contributed by atoms with Gasteiger partial charge in [-0.05, 0) is 11.6 Å². The van der Waals surface area contributed by atoms with Gasteiger partial charge in [-0.25, -0.2) is 9.78 Å². The number of thiazole rings is 1. The Labute approximate surface area is 202 Å². The lowest BCUT2D eigenvalue weighted by Gasteiger charge is -2.49. The summed E-state index contributed by atoms with van der Waals surface area (Å²) >= 11 is 2.48. The van der Waals surface area contributed by atoms with E-state index in [-0.39, 0.29) is 23.6 Å². The van der Waals surface area contributed by atoms with E-state index in [0.717, 1.165) is 10.5 Å². The van der Waals surface area contributed by atoms with Crippen molar-refractivity contribution in [1.82, 2.24) is 15.2 Å². The van der Waals surface area contributed by atoms with E-state index in [1.54, 1.807) is 11.5 Å². The van der Waals surface area contributed by atoms with E-state index in [0.29, 0.717) is 16.4 Å². The Hall–Kier alpha value is -3.64. The van der Waals surface area contributed by atoms with Crippen LogP contribution in [0.15, 0.2) is 47.0 Å². The Morgan fingerprint density at radius 3 is 2.68 bits per heavy atom. The number of amides is 2. The van der Waals surface area contributed by atoms with Crippen molar-refractivity contribution in [1.29, 1.82) is 0 Å². The first kappa shape index (κ1) is 23.5. The average Bonchev–Trinajstić information content (AvgIpc) is 3.25. The number of carbonyl (C=O) groups is 4. The second-order valence-corrected chi connectivity index (χ2v) is 9.43. The van der Waals surface area contributed by atoms with Crippen molar-refractivity contribution in [3.8, 4) is 0 Å². The number of benzene rings is 1. The van der Waals surface area contributed by atoms with E-state index in [1.807, 2.05) is 30.3 Å². The topological polar surface area (TPSA) is 152 Å². The van der Waals surface area contributed by atoms with Crippen LogP contribution in [0.5, 0.6) is 0 Å². The molecule has 1 aromatic carbocycles. The molecule has 176 valence electrons. The number of esters is 1. The Morgan fingerprint density at radius 1 is 1.32 bits per heavy atom. The lowest BCUT2D eigenvalue weighted by Crippen LogP contribution is -2.70. The molecule has 1 unspecified atom stereocenters. The molecule has 0 saturated carbocycles. The van der Waals surface area contributed by atoms with Gasteiger partial charge in [-0.2, -0.15) is 0 Å². The van der Waals surface area contributed by atoms with E-state index in [9.17, 15) is 24.3 Å². The molecule has 1 saturated heterocycles. The van der Waals surface area contributed by atoms with Gasteiger partial charge in [-0.3, -0.25) is 19.3 Å². The fourth-order valence-corrected chi connectivity index (χ4v) is 5.48. The van der Waals surface area contributed by atoms with Gasteiger partial charge in [0.25, 0.3) is 11.8 Å². The van der Waals surface area contributed by atoms with Crippen LogP contribution < -0.4 is 11.1 Å². The molecule has 3 heterocycles. The first-order valence-corrected chi connectivity index (χ1v) is 12.0. The van der Waals surface area contributed by atoms with Crippen LogP contribution in [-0.4, -0.2) is 62.5 Å². The predicted octanol–water partition coefficient (Wildman–Crippen LogP) is 1.57. The van der Waals surface area contributed by atoms with E-state index in [2.05, 4.69) is 10.3 Å². The van der Waals surface area contributed by atoms with Crippen LogP contribution in [0.2, 0.25) is 0 Å². The quantitative estimate of drug-likeness (QED) is 0.292. The molecule has 2 atom stereocenters. The summed E-state index contributed by atoms with van der Waals surface area (Å²) < 4.78 is 4.93. The summed E-state index contributed by atoms with van der Waals surface area (Å²) in [6.07, 6.45) is 1.65. The Bertz CT molecular complexity index is 1220. The van der Waals surface area contributed by atoms with Gasteiger partial charge < -0.3 is 20.9 Å². The first-order valence-electron chi connectivity index (χ1n) is 10.1. The number of aliphatic carboxylic acids is 1. The zero-order chi connectivity index (χ0) is 24.4. The maximum atomic E-state index is 13.2. The molecule has 2 amide bonds. The number of ether oxygens (including phenoxy) is 1. The van der Waals surface area contributed by atoms with Crippen molar-refractivity contribution in [2.45, 2.75) is 18.3 Å². The third-order valence-corrected chi connectivity index (χ3v) is 7.15. The molecule has 10 nitrogen and oxygen atoms in total. The molecule has 1 aromatic heterocycles. The summed E-state index contributed by atoms with van der Waals surface area (Å²) in [5, 5.41) is 13.7. The molecule has 4 rings (SSSR count). The number of carboxylic acids is 1. The minimum Gasteiger partial charge on any atom is -0.477 e. The number of nitrogens with zero attached hydrogens (tertiary/aromatic N) is 2. The van der Waals surface area contributed by atoms with Gasteiger partial charge >= 0.3 is 11.9 Å². The summed E-state index contributed by atoms with van der Waals surface area (Å²) in [6.45, 7) is 1.00. The zero-order valence-electron chi connectivity index (χ0n) is 17.9. The van der Waals surface area contributed by atoms with E-state index >= 15 is 0 Å². The van der Waals surface area contributed by atoms with Gasteiger partial charge in [0.05, 0.1) is 11.3 Å². The molecule has 4 N–H and O–H groups in total. The minimum absolute atomic E-state index is 0.215. The SMILES string of the molecule is CC(=O)OCC1=C(C(=O)O)N2C(=O)C(NC(=O)/C(=C\c3ccccc3)c3csc(N)n3)[C@@H]2SC1. The van der Waals surface area contributed by atoms with Crippen molar-refractivity contribution in [3.05, 3.63) is 58.2 Å². The summed E-state index contributed by atoms with van der Waals surface area (Å²) in [5.74, 6) is -2.69. The number of fused-ring (bicyclic) bond motifs is 1. The molecule has 2 aliphatic heterocycles. The van der Waals surface area contributed by atoms with Crippen LogP contribution in [0.3, 0.4) is 0 Å². The number of anilines is 1. The highest BCUT2D eigenvalue weighted by atomic mass is 32.2. The Morgan fingerprint density at radius 2 is 2.06 bits per heavy atom. The predicted molar refractivity (Wildman–Crippen MR) is 127 cm³/mol. The molecule has 34 heavy (non-hydrogen) atoms. The molecule has 1 fully saturated rings. The summed E-state index contributed by atoms with van der Waals surface area (Å²) in [7, 11) is 0. The lowest BCUT2D eigenvalue weighted by atomic mass is 10.0. The van der Waals surface area contributed by atoms with Gasteiger partial charge in [0.2, 0.25) is 0 Å². The van der Waals surface area contributed by atoms with Crippen LogP contribution >= 0.6 is 23.1 Å². The number of nitrogens with two attached hydrogens (primary N) is 1. The van der Waals surface area contributed by atoms with Crippen molar-refractivity contribution in [2.75, 3.05) is 18.1 Å². The molecular weight excluding hydrogens is 480 g/mol. The Balaban J connectivity index is 1.56. The highest BCUT2D eigenvalue weighted by Gasteiger charge is 2.54. The molecule has 2 aliphatic rings. The third-order valence-electron chi connectivity index (χ3n) is 5.14. The van der Waals surface area contributed by atoms with Crippen molar-refractivity contribution in [3.63, 3.8) is 0 Å². The molecule has 0 bridgehead atoms. The highest BCUT2D eigenvalue weighted by molar-refractivity contribution is 8.00. The average molecular weight is 501 g/mol. The van der Waals surface area contributed by atoms with Crippen molar-refractivity contribution < 1.29 is 29.0 Å². The number of thioether (sulfide) groups is 1. The zero-order valence-corrected chi connectivity index (χ0v) is 19.5. The number of β-lactam (4-membered cyclic amide) rings is 1. The third kappa shape index (κ3) is 4.68. The highest BCUT2D eigenvalue weighted by Crippen LogP contribution is 2.40. The molecule has 12 heteroatoms. The molecule has 0 radical (unpaired) electrons. The second kappa shape index (κ2) is 9.69. The van der Waals surface area contributed by atoms with Crippen LogP contribution in [0, 0.1) is 0 Å². The number of hydrogen-bond donors (Lipinski definition) is 3. The normalized spacial score (nSPS) is 19.9. The van der Waals surface area contributed by atoms with Gasteiger partial charge in [-0.15, -0.1) is 23.1 Å². The standard InChI is InChI=1S/C22H20N4O6S2/c1-11(27)32-8-13-9-33-20-16(19(29)26(20)17(13)21(30)31)25-18(28)14(15-10-34-22(23)24-15)7-12-5-3-2-4-6-12/h2-7,10,16,20H,8-9H2,1H3,(H2,23,24)(H,25,28)(H,30,31)/b14-7-/t16?,20-/m0/s1. The molecular formula is C22H20N4O6S2. The lowest BCUT2D eigenvalue weighted by molar-refractivity contribution is -0.150. The van der Waals surface area contributed by atoms with Gasteiger partial charge in [0.1, 0.15) is 23.7 Å². The molecule has 2 aromatic rings. The maximum Gasteiger partial charge on any atom is 0.352 e. The summed E-state index contributed by atoms with van der Waals surface area (Å²) in [5.41, 5.74) is 7.23. The molecule has 0 spiro atoms. The van der Waals surface area contributed by atoms with Crippen molar-refractivity contribution in [2.24, 2.45) is 0 Å². The first-order chi connectivity index (χ1) is 16.3. The van der Waals surface area contributed by atoms with E-state index in [4.69, 9.17) is 10.5 Å². The number of nitrogen functional groups attached to an aromatic ring is 1. The van der Waals surface area contributed by atoms with Crippen LogP contribution in [0.4, 0.5) is 5.13 Å². The van der Waals surface area contributed by atoms with Crippen LogP contribution in [-0.2, 0) is 23.9 Å². The van der Waals surface area contributed by atoms with Crippen LogP contribution in [0.25, 0.3) is 11.6 Å². The fraction of sp³-hybridized carbons (Fsp3) is 0.227. The van der Waals surface area contributed by atoms with Gasteiger partial charge in [0.15, 0.2) is 5.13 Å². The number of rotatable bonds is 7. The number of aromatic nitrogens is 1. The minimum atomic E-state index is -1.30. The van der Waals surface area contributed by atoms with E-state index < -0.39 is 35.2 Å². The van der Waals surface area contributed by atoms with Gasteiger partial charge in [-0.1, -0.05) is 30.3 Å². The summed E-state index contributed by atoms with van der Waals surface area (Å²) in [6, 6.07) is 8.24. The Kier molecular flexibility index (Phi) is 6.70. The molecule has 0 aliphatic carbocycles. The van der Waals surface area contributed by atoms with E-state index in [1.165, 1.54) is 30.0 Å².